The number of ketones is 1. The number of hydrogen-bond donors (Lipinski definition) is 6. The fraction of sp³-hybridized carbons (Fsp3) is 0.111. The molecule has 0 fully saturated rings. The molecule has 14 heteroatoms. The van der Waals surface area contributed by atoms with Crippen LogP contribution in [-0.2, 0) is 9.59 Å². The molecular formula is C18H11N3O11. The molecule has 0 bridgehead atoms. The predicted octanol–water partition coefficient (Wildman–Crippen LogP) is 0.0846. The van der Waals surface area contributed by atoms with Crippen molar-refractivity contribution in [1.82, 2.24) is 9.97 Å². The Kier molecular flexibility index (Phi) is 5.28. The maximum absolute atomic E-state index is 13.0. The predicted molar refractivity (Wildman–Crippen MR) is 99.4 cm³/mol. The number of H-pyrrole nitrogens is 1. The number of nitrogens with one attached hydrogen (secondary N) is 1. The first-order chi connectivity index (χ1) is 14.9. The van der Waals surface area contributed by atoms with Crippen molar-refractivity contribution < 1.29 is 54.3 Å². The first-order valence-electron chi connectivity index (χ1n) is 8.48. The first kappa shape index (κ1) is 21.8. The van der Waals surface area contributed by atoms with Crippen LogP contribution < -0.4 is 0 Å². The van der Waals surface area contributed by atoms with Crippen molar-refractivity contribution in [2.24, 2.45) is 4.99 Å². The molecule has 1 aliphatic rings. The zero-order valence-electron chi connectivity index (χ0n) is 15.5. The van der Waals surface area contributed by atoms with Crippen LogP contribution in [0.4, 0.5) is 0 Å². The van der Waals surface area contributed by atoms with E-state index in [0.29, 0.717) is 6.07 Å². The monoisotopic (exact) mass is 445 g/mol. The van der Waals surface area contributed by atoms with Gasteiger partial charge in [-0.25, -0.2) is 24.2 Å². The van der Waals surface area contributed by atoms with Gasteiger partial charge < -0.3 is 30.5 Å². The van der Waals surface area contributed by atoms with Crippen molar-refractivity contribution in [2.45, 2.75) is 12.5 Å². The quantitative estimate of drug-likeness (QED) is 0.332. The van der Waals surface area contributed by atoms with Gasteiger partial charge in [-0.2, -0.15) is 0 Å². The third kappa shape index (κ3) is 3.67. The minimum absolute atomic E-state index is 0.298. The highest BCUT2D eigenvalue weighted by Gasteiger charge is 2.38. The van der Waals surface area contributed by atoms with Gasteiger partial charge in [-0.15, -0.1) is 0 Å². The van der Waals surface area contributed by atoms with Gasteiger partial charge in [0.15, 0.2) is 6.04 Å². The number of carboxylic acids is 5. The number of aliphatic carboxylic acids is 2. The van der Waals surface area contributed by atoms with Crippen LogP contribution in [0.25, 0.3) is 11.3 Å². The number of aliphatic imine (C=N–C) groups is 1. The molecule has 1 aliphatic carbocycles. The summed E-state index contributed by atoms with van der Waals surface area (Å²) in [6.45, 7) is 0. The van der Waals surface area contributed by atoms with Gasteiger partial charge in [0.1, 0.15) is 22.8 Å². The standard InChI is InChI=1S/C18H11N3O11/c22-9(23)3-8(18(31)32)21-13-12-10(4(15(25)26)1-6(20-12)16(27)28)11-5(14(13)24)2-7(19-11)17(29)30/h1-2,8,19H,3H2,(H,22,23)(H,25,26)(H,27,28)(H,29,30)(H,31,32). The van der Waals surface area contributed by atoms with Gasteiger partial charge in [-0.05, 0) is 12.1 Å². The molecule has 3 rings (SSSR count). The van der Waals surface area contributed by atoms with Crippen molar-refractivity contribution in [3.05, 3.63) is 40.3 Å². The van der Waals surface area contributed by atoms with Crippen LogP contribution in [0.5, 0.6) is 0 Å². The summed E-state index contributed by atoms with van der Waals surface area (Å²) in [6.07, 6.45) is -1.05. The summed E-state index contributed by atoms with van der Waals surface area (Å²) < 4.78 is 0. The zero-order chi connectivity index (χ0) is 23.9. The molecule has 14 nitrogen and oxygen atoms in total. The Bertz CT molecular complexity index is 1270. The highest BCUT2D eigenvalue weighted by atomic mass is 16.4. The number of carbonyl (C=O) groups is 6. The summed E-state index contributed by atoms with van der Waals surface area (Å²) in [5.74, 6) is -9.23. The normalized spacial score (nSPS) is 14.4. The molecule has 1 atom stereocenters. The number of hydrogen-bond acceptors (Lipinski definition) is 8. The molecule has 0 aromatic carbocycles. The number of nitrogens with zero attached hydrogens (tertiary/aromatic N) is 2. The van der Waals surface area contributed by atoms with E-state index in [0.717, 1.165) is 6.07 Å². The number of aromatic amines is 1. The van der Waals surface area contributed by atoms with E-state index in [1.807, 2.05) is 0 Å². The van der Waals surface area contributed by atoms with Crippen molar-refractivity contribution >= 4 is 41.3 Å². The number of aromatic nitrogens is 2. The lowest BCUT2D eigenvalue weighted by Gasteiger charge is -2.20. The molecule has 1 unspecified atom stereocenters. The van der Waals surface area contributed by atoms with Crippen LogP contribution >= 0.6 is 0 Å². The summed E-state index contributed by atoms with van der Waals surface area (Å²) in [6, 6.07) is -0.460. The third-order valence-electron chi connectivity index (χ3n) is 4.39. The molecule has 2 heterocycles. The number of fused-ring (bicyclic) bond motifs is 3. The second-order valence-electron chi connectivity index (χ2n) is 6.42. The number of carboxylic acid groups (broad SMARTS) is 5. The number of pyridine rings is 1. The molecule has 164 valence electrons. The molecule has 2 aromatic heterocycles. The topological polar surface area (TPSA) is 245 Å². The molecular weight excluding hydrogens is 434 g/mol. The van der Waals surface area contributed by atoms with Crippen LogP contribution in [0, 0.1) is 0 Å². The summed E-state index contributed by atoms with van der Waals surface area (Å²) in [4.78, 5) is 79.7. The van der Waals surface area contributed by atoms with Gasteiger partial charge in [0.25, 0.3) is 0 Å². The molecule has 2 aromatic rings. The fourth-order valence-corrected chi connectivity index (χ4v) is 3.06. The second-order valence-corrected chi connectivity index (χ2v) is 6.42. The SMILES string of the molecule is O=C(O)CC(N=C1C(=O)c2cc(C(=O)O)[nH]c2-c2c(C(=O)O)cc(C(=O)O)nc21)C(=O)O. The molecule has 0 saturated carbocycles. The van der Waals surface area contributed by atoms with Crippen LogP contribution in [0.1, 0.15) is 53.8 Å². The van der Waals surface area contributed by atoms with E-state index in [1.165, 1.54) is 0 Å². The van der Waals surface area contributed by atoms with Gasteiger partial charge in [0.05, 0.1) is 23.2 Å². The minimum atomic E-state index is -2.00. The Labute approximate surface area is 175 Å². The van der Waals surface area contributed by atoms with E-state index >= 15 is 0 Å². The summed E-state index contributed by atoms with van der Waals surface area (Å²) in [5.41, 5.74) is -4.57. The molecule has 0 aliphatic heterocycles. The minimum Gasteiger partial charge on any atom is -0.481 e. The van der Waals surface area contributed by atoms with E-state index < -0.39 is 82.0 Å². The molecule has 0 saturated heterocycles. The number of aromatic carboxylic acids is 3. The highest BCUT2D eigenvalue weighted by Crippen LogP contribution is 2.36. The highest BCUT2D eigenvalue weighted by molar-refractivity contribution is 6.55. The second kappa shape index (κ2) is 7.75. The summed E-state index contributed by atoms with van der Waals surface area (Å²) in [7, 11) is 0. The van der Waals surface area contributed by atoms with Crippen LogP contribution in [-0.4, -0.2) is 82.9 Å². The van der Waals surface area contributed by atoms with Gasteiger partial charge in [0.2, 0.25) is 5.78 Å². The van der Waals surface area contributed by atoms with E-state index in [-0.39, 0.29) is 11.3 Å². The Morgan fingerprint density at radius 2 is 1.62 bits per heavy atom. The lowest BCUT2D eigenvalue weighted by Crippen LogP contribution is -2.30. The van der Waals surface area contributed by atoms with Gasteiger partial charge in [0, 0.05) is 5.56 Å². The molecule has 0 radical (unpaired) electrons. The maximum atomic E-state index is 13.0. The Morgan fingerprint density at radius 1 is 0.969 bits per heavy atom. The first-order valence-corrected chi connectivity index (χ1v) is 8.48. The van der Waals surface area contributed by atoms with Crippen molar-refractivity contribution in [3.8, 4) is 11.3 Å². The van der Waals surface area contributed by atoms with Gasteiger partial charge >= 0.3 is 29.8 Å². The Hall–Kier alpha value is -4.88. The van der Waals surface area contributed by atoms with Crippen LogP contribution in [0.3, 0.4) is 0 Å². The van der Waals surface area contributed by atoms with E-state index in [1.54, 1.807) is 0 Å². The van der Waals surface area contributed by atoms with Crippen molar-refractivity contribution in [1.29, 1.82) is 0 Å². The summed E-state index contributed by atoms with van der Waals surface area (Å²) in [5, 5.41) is 46.3. The Morgan fingerprint density at radius 3 is 2.12 bits per heavy atom. The number of Topliss-reactive ketones (excluding diaryl/α,β-unsaturated/α-hetero) is 1. The van der Waals surface area contributed by atoms with Crippen LogP contribution in [0.15, 0.2) is 17.1 Å². The lowest BCUT2D eigenvalue weighted by molar-refractivity contribution is -0.144. The lowest BCUT2D eigenvalue weighted by atomic mass is 9.87. The summed E-state index contributed by atoms with van der Waals surface area (Å²) >= 11 is 0. The largest absolute Gasteiger partial charge is 0.481 e. The smallest absolute Gasteiger partial charge is 0.354 e. The van der Waals surface area contributed by atoms with Gasteiger partial charge in [-0.1, -0.05) is 0 Å². The molecule has 0 amide bonds. The molecule has 6 N–H and O–H groups in total. The zero-order valence-corrected chi connectivity index (χ0v) is 15.5. The number of rotatable bonds is 7. The van der Waals surface area contributed by atoms with Crippen molar-refractivity contribution in [3.63, 3.8) is 0 Å². The van der Waals surface area contributed by atoms with Crippen molar-refractivity contribution in [2.75, 3.05) is 0 Å². The van der Waals surface area contributed by atoms with E-state index in [4.69, 9.17) is 5.11 Å². The maximum Gasteiger partial charge on any atom is 0.354 e. The number of carbonyl (C=O) groups excluding carboxylic acids is 1. The average molecular weight is 445 g/mol. The Balaban J connectivity index is 2.43. The molecule has 32 heavy (non-hydrogen) atoms. The third-order valence-corrected chi connectivity index (χ3v) is 4.39. The van der Waals surface area contributed by atoms with E-state index in [2.05, 4.69) is 15.0 Å². The average Bonchev–Trinajstić information content (AvgIpc) is 3.14. The fourth-order valence-electron chi connectivity index (χ4n) is 3.06. The van der Waals surface area contributed by atoms with Gasteiger partial charge in [-0.3, -0.25) is 14.6 Å². The van der Waals surface area contributed by atoms with E-state index in [9.17, 15) is 49.2 Å². The van der Waals surface area contributed by atoms with Crippen LogP contribution in [0.2, 0.25) is 0 Å². The molecule has 0 spiro atoms.